The molecule has 2 N–H and O–H groups in total. The molecular weight excluding hydrogens is 689 g/mol. The first kappa shape index (κ1) is 35.4. The van der Waals surface area contributed by atoms with Gasteiger partial charge >= 0.3 is 5.69 Å². The summed E-state index contributed by atoms with van der Waals surface area (Å²) in [6.45, 7) is 2.59. The molecule has 0 radical (unpaired) electrons. The number of hydrogen-bond acceptors (Lipinski definition) is 5. The molecule has 8 rings (SSSR count). The Morgan fingerprint density at radius 2 is 1.44 bits per heavy atom. The van der Waals surface area contributed by atoms with Gasteiger partial charge in [0.25, 0.3) is 11.5 Å². The highest BCUT2D eigenvalue weighted by atomic mass is 16.3. The molecule has 276 valence electrons. The number of amides is 1. The van der Waals surface area contributed by atoms with Crippen molar-refractivity contribution < 1.29 is 9.90 Å². The predicted molar refractivity (Wildman–Crippen MR) is 218 cm³/mol. The first-order valence-corrected chi connectivity index (χ1v) is 18.4. The Hall–Kier alpha value is -6.68. The van der Waals surface area contributed by atoms with Crippen LogP contribution in [-0.4, -0.2) is 48.5 Å². The Balaban J connectivity index is 1.32. The summed E-state index contributed by atoms with van der Waals surface area (Å²) in [6.07, 6.45) is 0.653. The number of nitrogens with zero attached hydrogens (tertiary/aromatic N) is 5. The first-order valence-electron chi connectivity index (χ1n) is 18.4. The summed E-state index contributed by atoms with van der Waals surface area (Å²) in [6, 6.07) is 39.8. The van der Waals surface area contributed by atoms with Gasteiger partial charge in [0, 0.05) is 66.7 Å². The van der Waals surface area contributed by atoms with Crippen molar-refractivity contribution in [2.75, 3.05) is 18.4 Å². The molecule has 0 aliphatic carbocycles. The third kappa shape index (κ3) is 6.29. The number of nitrogens with one attached hydrogen (secondary N) is 1. The Morgan fingerprint density at radius 1 is 0.745 bits per heavy atom. The fourth-order valence-electron chi connectivity index (χ4n) is 7.98. The van der Waals surface area contributed by atoms with Crippen LogP contribution >= 0.6 is 0 Å². The van der Waals surface area contributed by atoms with Gasteiger partial charge in [0.15, 0.2) is 0 Å². The Bertz CT molecular complexity index is 2740. The average molecular weight is 731 g/mol. The third-order valence-electron chi connectivity index (χ3n) is 11.0. The molecule has 1 aliphatic rings. The van der Waals surface area contributed by atoms with Crippen LogP contribution < -0.4 is 16.6 Å². The number of para-hydroxylation sites is 1. The molecular formula is C45H42N6O4. The number of carbonyl (C=O) groups excluding carboxylic acids is 1. The van der Waals surface area contributed by atoms with E-state index in [2.05, 4.69) is 59.4 Å². The minimum atomic E-state index is -0.680. The van der Waals surface area contributed by atoms with Gasteiger partial charge in [-0.1, -0.05) is 90.5 Å². The molecule has 0 unspecified atom stereocenters. The lowest BCUT2D eigenvalue weighted by Gasteiger charge is -2.42. The number of hydrogen-bond donors (Lipinski definition) is 2. The summed E-state index contributed by atoms with van der Waals surface area (Å²) in [4.78, 5) is 48.3. The quantitative estimate of drug-likeness (QED) is 0.132. The van der Waals surface area contributed by atoms with E-state index in [1.165, 1.54) is 14.1 Å². The number of benzene rings is 5. The number of carbonyl (C=O) groups is 1. The zero-order chi connectivity index (χ0) is 38.4. The monoisotopic (exact) mass is 730 g/mol. The molecule has 2 atom stereocenters. The van der Waals surface area contributed by atoms with Crippen molar-refractivity contribution in [1.29, 1.82) is 0 Å². The lowest BCUT2D eigenvalue weighted by molar-refractivity contribution is 0.0614. The second-order valence-corrected chi connectivity index (χ2v) is 14.3. The second-order valence-electron chi connectivity index (χ2n) is 14.3. The van der Waals surface area contributed by atoms with Gasteiger partial charge in [0.2, 0.25) is 5.88 Å². The van der Waals surface area contributed by atoms with E-state index in [1.54, 1.807) is 0 Å². The normalized spacial score (nSPS) is 15.8. The zero-order valence-corrected chi connectivity index (χ0v) is 31.2. The molecule has 0 fully saturated rings. The molecule has 55 heavy (non-hydrogen) atoms. The molecule has 1 amide bonds. The van der Waals surface area contributed by atoms with Crippen molar-refractivity contribution in [1.82, 2.24) is 18.6 Å². The van der Waals surface area contributed by atoms with E-state index in [9.17, 15) is 19.5 Å². The highest BCUT2D eigenvalue weighted by Gasteiger charge is 2.40. The van der Waals surface area contributed by atoms with Crippen LogP contribution in [0.15, 0.2) is 136 Å². The highest BCUT2D eigenvalue weighted by molar-refractivity contribution is 6.10. The van der Waals surface area contributed by atoms with E-state index in [-0.39, 0.29) is 29.8 Å². The largest absolute Gasteiger partial charge is 0.494 e. The van der Waals surface area contributed by atoms with Crippen LogP contribution in [0.25, 0.3) is 21.8 Å². The summed E-state index contributed by atoms with van der Waals surface area (Å²) in [5.74, 6) is -0.790. The molecule has 3 heterocycles. The first-order chi connectivity index (χ1) is 26.6. The molecule has 7 aromatic rings. The number of aromatic hydroxyl groups is 1. The lowest BCUT2D eigenvalue weighted by atomic mass is 9.79. The van der Waals surface area contributed by atoms with Crippen LogP contribution in [0.1, 0.15) is 50.1 Å². The standard InChI is InChI=1S/C45H42N6O4/c1-28-18-21-31(22-19-28)47-41(39-43(53)49(3)45(55)50(4)44(39)54)46-27-36-32-14-8-9-16-34(32)42(52)51(25-24-29-12-6-5-7-13-29)40(36)30-20-23-38-35(26-30)33-15-10-11-17-37(33)48(38)2/h5-23,26,36,40,53H,24-25,27H2,1-4H3,(H,46,47)/t36-,40-/m1/s1. The van der Waals surface area contributed by atoms with Crippen LogP contribution in [-0.2, 0) is 27.6 Å². The van der Waals surface area contributed by atoms with Gasteiger partial charge in [0.1, 0.15) is 11.4 Å². The zero-order valence-electron chi connectivity index (χ0n) is 31.2. The van der Waals surface area contributed by atoms with Crippen LogP contribution in [0.3, 0.4) is 0 Å². The maximum absolute atomic E-state index is 14.6. The van der Waals surface area contributed by atoms with E-state index in [1.807, 2.05) is 90.7 Å². The fourth-order valence-corrected chi connectivity index (χ4v) is 7.98. The molecule has 10 heteroatoms. The second kappa shape index (κ2) is 14.3. The van der Waals surface area contributed by atoms with Crippen molar-refractivity contribution in [2.24, 2.45) is 26.1 Å². The molecule has 0 spiro atoms. The van der Waals surface area contributed by atoms with E-state index >= 15 is 0 Å². The predicted octanol–water partition coefficient (Wildman–Crippen LogP) is 6.83. The smallest absolute Gasteiger partial charge is 0.333 e. The van der Waals surface area contributed by atoms with E-state index in [0.717, 1.165) is 53.2 Å². The van der Waals surface area contributed by atoms with Crippen LogP contribution in [0.2, 0.25) is 0 Å². The number of rotatable bonds is 8. The summed E-state index contributed by atoms with van der Waals surface area (Å²) < 4.78 is 4.18. The van der Waals surface area contributed by atoms with E-state index in [4.69, 9.17) is 4.99 Å². The molecule has 0 saturated heterocycles. The SMILES string of the molecule is Cc1ccc(NC(=NC[C@@H]2c3ccccc3C(=O)N(CCc3ccccc3)[C@@H]2c2ccc3c(c2)c2ccccc2n3C)c2c(O)n(C)c(=O)n(C)c2=O)cc1. The molecule has 0 saturated carbocycles. The highest BCUT2D eigenvalue weighted by Crippen LogP contribution is 2.44. The van der Waals surface area contributed by atoms with Crippen molar-refractivity contribution >= 4 is 39.2 Å². The number of anilines is 1. The van der Waals surface area contributed by atoms with Crippen LogP contribution in [0.5, 0.6) is 5.88 Å². The van der Waals surface area contributed by atoms with Crippen LogP contribution in [0.4, 0.5) is 5.69 Å². The van der Waals surface area contributed by atoms with Crippen molar-refractivity contribution in [3.8, 4) is 5.88 Å². The summed E-state index contributed by atoms with van der Waals surface area (Å²) in [5.41, 5.74) is 5.99. The average Bonchev–Trinajstić information content (AvgIpc) is 3.50. The minimum Gasteiger partial charge on any atom is -0.494 e. The molecule has 1 aliphatic heterocycles. The number of aliphatic imine (C=N–C) groups is 1. The van der Waals surface area contributed by atoms with Crippen molar-refractivity contribution in [3.63, 3.8) is 0 Å². The van der Waals surface area contributed by atoms with E-state index < -0.39 is 23.2 Å². The third-order valence-corrected chi connectivity index (χ3v) is 11.0. The number of aromatic nitrogens is 3. The van der Waals surface area contributed by atoms with Gasteiger partial charge in [0.05, 0.1) is 12.6 Å². The van der Waals surface area contributed by atoms with Crippen LogP contribution in [0, 0.1) is 6.92 Å². The fraction of sp³-hybridized carbons (Fsp3) is 0.200. The van der Waals surface area contributed by atoms with Gasteiger partial charge in [-0.3, -0.25) is 23.7 Å². The molecule has 2 aromatic heterocycles. The Labute approximate surface area is 318 Å². The molecule has 10 nitrogen and oxygen atoms in total. The molecule has 0 bridgehead atoms. The topological polar surface area (TPSA) is 114 Å². The molecule has 5 aromatic carbocycles. The summed E-state index contributed by atoms with van der Waals surface area (Å²) in [7, 11) is 4.86. The van der Waals surface area contributed by atoms with Gasteiger partial charge in [-0.05, 0) is 66.4 Å². The number of amidine groups is 1. The number of fused-ring (bicyclic) bond motifs is 4. The van der Waals surface area contributed by atoms with Crippen molar-refractivity contribution in [3.05, 3.63) is 176 Å². The summed E-state index contributed by atoms with van der Waals surface area (Å²) >= 11 is 0. The minimum absolute atomic E-state index is 0.0580. The van der Waals surface area contributed by atoms with E-state index in [0.29, 0.717) is 24.2 Å². The maximum Gasteiger partial charge on any atom is 0.333 e. The van der Waals surface area contributed by atoms with Gasteiger partial charge in [-0.2, -0.15) is 0 Å². The maximum atomic E-state index is 14.6. The Kier molecular flexibility index (Phi) is 9.18. The van der Waals surface area contributed by atoms with Crippen molar-refractivity contribution in [2.45, 2.75) is 25.3 Å². The lowest BCUT2D eigenvalue weighted by Crippen LogP contribution is -2.45. The van der Waals surface area contributed by atoms with Gasteiger partial charge < -0.3 is 19.9 Å². The Morgan fingerprint density at radius 3 is 2.22 bits per heavy atom. The summed E-state index contributed by atoms with van der Waals surface area (Å²) in [5, 5.41) is 16.8. The van der Waals surface area contributed by atoms with Gasteiger partial charge in [-0.15, -0.1) is 0 Å². The number of aryl methyl sites for hydroxylation is 2. The van der Waals surface area contributed by atoms with Gasteiger partial charge in [-0.25, -0.2) is 4.79 Å².